The summed E-state index contributed by atoms with van der Waals surface area (Å²) in [5.74, 6) is -24.1. The highest BCUT2D eigenvalue weighted by Crippen LogP contribution is 2.67. The predicted octanol–water partition coefficient (Wildman–Crippen LogP) is 7.38. The van der Waals surface area contributed by atoms with Gasteiger partial charge in [-0.3, -0.25) is 0 Å². The lowest BCUT2D eigenvalue weighted by atomic mass is 9.75. The Bertz CT molecular complexity index is 1110. The van der Waals surface area contributed by atoms with E-state index >= 15 is 17.6 Å². The van der Waals surface area contributed by atoms with E-state index in [-0.39, 0.29) is 10.1 Å². The van der Waals surface area contributed by atoms with Crippen molar-refractivity contribution >= 4 is 59.0 Å². The van der Waals surface area contributed by atoms with Gasteiger partial charge >= 0.3 is 23.7 Å². The minimum Gasteiger partial charge on any atom is -0.487 e. The van der Waals surface area contributed by atoms with Gasteiger partial charge in [0.25, 0.3) is 0 Å². The molecular weight excluding hydrogens is 569 g/mol. The number of rotatable bonds is 6. The van der Waals surface area contributed by atoms with Gasteiger partial charge in [-0.05, 0) is 21.1 Å². The van der Waals surface area contributed by atoms with Crippen LogP contribution < -0.4 is 18.5 Å². The van der Waals surface area contributed by atoms with E-state index in [0.29, 0.717) is 9.00 Å². The lowest BCUT2D eigenvalue weighted by Gasteiger charge is -2.44. The Morgan fingerprint density at radius 2 is 0.861 bits per heavy atom. The first-order chi connectivity index (χ1) is 16.1. The van der Waals surface area contributed by atoms with Gasteiger partial charge in [-0.25, -0.2) is 0 Å². The highest BCUT2D eigenvalue weighted by Gasteiger charge is 2.86. The molecule has 0 saturated heterocycles. The lowest BCUT2D eigenvalue weighted by molar-refractivity contribution is -0.344. The van der Waals surface area contributed by atoms with Gasteiger partial charge in [0.1, 0.15) is 0 Å². The molecule has 0 saturated carbocycles. The Morgan fingerprint density at radius 3 is 1.08 bits per heavy atom. The van der Waals surface area contributed by atoms with E-state index in [1.807, 2.05) is 39.3 Å². The zero-order valence-electron chi connectivity index (χ0n) is 20.8. The maximum Gasteiger partial charge on any atom is 0.382 e. The summed E-state index contributed by atoms with van der Waals surface area (Å²) in [6.07, 6.45) is 0. The summed E-state index contributed by atoms with van der Waals surface area (Å²) < 4.78 is 132. The van der Waals surface area contributed by atoms with Crippen molar-refractivity contribution in [3.63, 3.8) is 0 Å². The molecule has 1 aliphatic rings. The van der Waals surface area contributed by atoms with E-state index in [9.17, 15) is 17.6 Å². The number of ether oxygens (including phenoxy) is 2. The molecule has 2 aromatic rings. The Morgan fingerprint density at radius 1 is 0.583 bits per heavy atom. The number of alkyl halides is 8. The lowest BCUT2D eigenvalue weighted by Crippen LogP contribution is -2.66. The normalized spacial score (nSPS) is 21.0. The van der Waals surface area contributed by atoms with Gasteiger partial charge in [-0.2, -0.15) is 35.1 Å². The zero-order chi connectivity index (χ0) is 27.9. The molecule has 0 bridgehead atoms. The molecule has 2 heterocycles. The summed E-state index contributed by atoms with van der Waals surface area (Å²) in [4.78, 5) is 0. The molecule has 0 aromatic carbocycles. The molecular formula is C22H26F8O2S2Si2. The summed E-state index contributed by atoms with van der Waals surface area (Å²) in [6.45, 7) is 11.0. The quantitative estimate of drug-likeness (QED) is 0.257. The fraction of sp³-hybridized carbons (Fsp3) is 0.545. The third-order valence-electron chi connectivity index (χ3n) is 5.84. The molecule has 1 aliphatic carbocycles. The van der Waals surface area contributed by atoms with Gasteiger partial charge in [0, 0.05) is 22.3 Å². The molecule has 0 unspecified atom stereocenters. The van der Waals surface area contributed by atoms with Crippen molar-refractivity contribution in [1.29, 1.82) is 0 Å². The van der Waals surface area contributed by atoms with E-state index in [4.69, 9.17) is 9.47 Å². The number of halogens is 8. The molecule has 0 atom stereocenters. The average Bonchev–Trinajstić information content (AvgIpc) is 3.34. The molecule has 14 heteroatoms. The molecule has 0 aliphatic heterocycles. The van der Waals surface area contributed by atoms with Gasteiger partial charge in [0.15, 0.2) is 10.1 Å². The highest BCUT2D eigenvalue weighted by atomic mass is 32.1. The van der Waals surface area contributed by atoms with Crippen LogP contribution in [0.3, 0.4) is 0 Å². The van der Waals surface area contributed by atoms with Gasteiger partial charge in [-0.1, -0.05) is 39.3 Å². The van der Waals surface area contributed by atoms with Gasteiger partial charge < -0.3 is 9.47 Å². The molecule has 3 rings (SSSR count). The summed E-state index contributed by atoms with van der Waals surface area (Å²) in [7, 11) is -2.41. The van der Waals surface area contributed by atoms with Crippen molar-refractivity contribution in [3.8, 4) is 10.1 Å². The van der Waals surface area contributed by atoms with Crippen LogP contribution >= 0.6 is 22.7 Å². The first-order valence-electron chi connectivity index (χ1n) is 10.7. The van der Waals surface area contributed by atoms with Crippen molar-refractivity contribution in [2.24, 2.45) is 0 Å². The molecule has 202 valence electrons. The van der Waals surface area contributed by atoms with E-state index in [1.165, 1.54) is 0 Å². The monoisotopic (exact) mass is 594 g/mol. The van der Waals surface area contributed by atoms with Crippen LogP contribution in [0.4, 0.5) is 35.1 Å². The second-order valence-electron chi connectivity index (χ2n) is 10.6. The third-order valence-corrected chi connectivity index (χ3v) is 15.2. The van der Waals surface area contributed by atoms with Crippen molar-refractivity contribution < 1.29 is 44.6 Å². The number of methoxy groups -OCH3 is 2. The fourth-order valence-electron chi connectivity index (χ4n) is 3.77. The second-order valence-corrected chi connectivity index (χ2v) is 23.4. The summed E-state index contributed by atoms with van der Waals surface area (Å²) in [6, 6.07) is 2.18. The van der Waals surface area contributed by atoms with Crippen LogP contribution in [0.2, 0.25) is 39.3 Å². The smallest absolute Gasteiger partial charge is 0.382 e. The van der Waals surface area contributed by atoms with Gasteiger partial charge in [0.05, 0.1) is 30.4 Å². The van der Waals surface area contributed by atoms with Crippen molar-refractivity contribution in [3.05, 3.63) is 23.3 Å². The van der Waals surface area contributed by atoms with Crippen LogP contribution in [0.25, 0.3) is 11.1 Å². The van der Waals surface area contributed by atoms with Crippen molar-refractivity contribution in [2.45, 2.75) is 63.0 Å². The number of allylic oxidation sites excluding steroid dienone is 2. The van der Waals surface area contributed by atoms with Crippen LogP contribution in [0, 0.1) is 0 Å². The number of thiophene rings is 2. The van der Waals surface area contributed by atoms with Crippen molar-refractivity contribution in [1.82, 2.24) is 0 Å². The van der Waals surface area contributed by atoms with Gasteiger partial charge in [-0.15, -0.1) is 22.7 Å². The minimum absolute atomic E-state index is 0.337. The van der Waals surface area contributed by atoms with E-state index in [2.05, 4.69) is 0 Å². The maximum atomic E-state index is 15.5. The SMILES string of the molecule is COc1sc([Si](C)(C)C)cc1C1=C(c2cc([Si](C)(C)C)sc2OC)C(F)(F)C(F)(F)C(F)(F)C1(F)F. The molecule has 0 N–H and O–H groups in total. The Balaban J connectivity index is 2.61. The molecule has 0 spiro atoms. The number of hydrogen-bond donors (Lipinski definition) is 0. The van der Waals surface area contributed by atoms with E-state index in [1.54, 1.807) is 0 Å². The Kier molecular flexibility index (Phi) is 6.94. The summed E-state index contributed by atoms with van der Waals surface area (Å²) in [5, 5.41) is -0.674. The second kappa shape index (κ2) is 8.56. The Labute approximate surface area is 213 Å². The standard InChI is InChI=1S/C22H26F8O2S2Si2/c1-31-17-11(9-13(33-17)35(3,4)5)15-16(12-10-14(36(6,7)8)34-18(12)32-2)20(25,26)22(29,30)21(27,28)19(15,23)24/h9-10H,1-8H3. The largest absolute Gasteiger partial charge is 0.487 e. The van der Waals surface area contributed by atoms with Crippen LogP contribution in [-0.2, 0) is 0 Å². The zero-order valence-corrected chi connectivity index (χ0v) is 24.4. The van der Waals surface area contributed by atoms with E-state index < -0.39 is 62.1 Å². The van der Waals surface area contributed by atoms with E-state index in [0.717, 1.165) is 49.0 Å². The summed E-state index contributed by atoms with van der Waals surface area (Å²) >= 11 is 1.70. The van der Waals surface area contributed by atoms with Crippen molar-refractivity contribution in [2.75, 3.05) is 14.2 Å². The third kappa shape index (κ3) is 4.06. The topological polar surface area (TPSA) is 18.5 Å². The molecule has 0 fully saturated rings. The Hall–Kier alpha value is -1.39. The van der Waals surface area contributed by atoms with Crippen LogP contribution in [-0.4, -0.2) is 54.1 Å². The maximum absolute atomic E-state index is 15.5. The molecule has 0 radical (unpaired) electrons. The molecule has 0 amide bonds. The fourth-order valence-corrected chi connectivity index (χ4v) is 9.39. The van der Waals surface area contributed by atoms with Crippen LogP contribution in [0.1, 0.15) is 11.1 Å². The molecule has 36 heavy (non-hydrogen) atoms. The van der Waals surface area contributed by atoms with Crippen LogP contribution in [0.15, 0.2) is 12.1 Å². The van der Waals surface area contributed by atoms with Crippen LogP contribution in [0.5, 0.6) is 10.1 Å². The minimum atomic E-state index is -6.39. The average molecular weight is 595 g/mol. The first-order valence-corrected chi connectivity index (χ1v) is 19.3. The molecule has 2 nitrogen and oxygen atoms in total. The van der Waals surface area contributed by atoms with Gasteiger partial charge in [0.2, 0.25) is 0 Å². The molecule has 2 aromatic heterocycles. The summed E-state index contributed by atoms with van der Waals surface area (Å²) in [5.41, 5.74) is -5.26. The highest BCUT2D eigenvalue weighted by molar-refractivity contribution is 7.28. The predicted molar refractivity (Wildman–Crippen MR) is 134 cm³/mol. The first kappa shape index (κ1) is 29.2. The number of hydrogen-bond acceptors (Lipinski definition) is 4.